The first kappa shape index (κ1) is 36.4. The second-order valence-corrected chi connectivity index (χ2v) is 12.3. The second-order valence-electron chi connectivity index (χ2n) is 11.5. The maximum Gasteiger partial charge on any atom is 0.184 e. The van der Waals surface area contributed by atoms with Crippen molar-refractivity contribution in [3.63, 3.8) is 0 Å². The lowest BCUT2D eigenvalue weighted by Gasteiger charge is -2.23. The molecule has 0 saturated carbocycles. The lowest BCUT2D eigenvalue weighted by molar-refractivity contribution is -0.545. The number of rotatable bonds is 17. The fourth-order valence-electron chi connectivity index (χ4n) is 5.54. The highest BCUT2D eigenvalue weighted by Gasteiger charge is 2.30. The van der Waals surface area contributed by atoms with Crippen molar-refractivity contribution in [2.24, 2.45) is 0 Å². The molecule has 0 aliphatic carbocycles. The van der Waals surface area contributed by atoms with Crippen LogP contribution in [-0.4, -0.2) is 30.5 Å². The molecule has 0 N–H and O–H groups in total. The highest BCUT2D eigenvalue weighted by Crippen LogP contribution is 2.37. The van der Waals surface area contributed by atoms with E-state index in [1.807, 2.05) is 12.1 Å². The molecule has 0 unspecified atom stereocenters. The van der Waals surface area contributed by atoms with Gasteiger partial charge in [0.2, 0.25) is 0 Å². The van der Waals surface area contributed by atoms with Crippen LogP contribution in [0.2, 0.25) is 10.0 Å². The van der Waals surface area contributed by atoms with Crippen molar-refractivity contribution in [3.8, 4) is 11.5 Å². The van der Waals surface area contributed by atoms with Crippen LogP contribution in [0.15, 0.2) is 53.6 Å². The molecular formula is C36H50BrCl2NO2. The summed E-state index contributed by atoms with van der Waals surface area (Å²) in [5, 5.41) is 1.25. The van der Waals surface area contributed by atoms with Crippen LogP contribution in [0.1, 0.15) is 109 Å². The molecule has 2 aromatic rings. The van der Waals surface area contributed by atoms with Crippen molar-refractivity contribution in [3.05, 3.63) is 80.4 Å². The van der Waals surface area contributed by atoms with Crippen LogP contribution >= 0.6 is 23.2 Å². The standard InChI is InChI=1S/C36H50Cl2NO2.BrH/c1-6-7-8-9-10-11-25-41-36-31-23-24-39(26-29-18-14-19-32(37)35(29)38)33(30(31)21-22-34(36)40-5)20-13-17-28(4)16-12-15-27(2)3;/h14-15,17-19,21-22H,6-13,16,20,23-26H2,1-5H3;1H/q+1;/p-1. The molecule has 2 aromatic carbocycles. The van der Waals surface area contributed by atoms with E-state index in [1.165, 1.54) is 60.1 Å². The summed E-state index contributed by atoms with van der Waals surface area (Å²) in [6.45, 7) is 11.2. The third-order valence-electron chi connectivity index (χ3n) is 7.87. The first-order valence-corrected chi connectivity index (χ1v) is 16.3. The summed E-state index contributed by atoms with van der Waals surface area (Å²) in [7, 11) is 1.74. The molecule has 232 valence electrons. The maximum atomic E-state index is 6.63. The van der Waals surface area contributed by atoms with E-state index in [4.69, 9.17) is 32.7 Å². The van der Waals surface area contributed by atoms with Crippen LogP contribution in [-0.2, 0) is 13.0 Å². The van der Waals surface area contributed by atoms with E-state index in [0.717, 1.165) is 75.3 Å². The Bertz CT molecular complexity index is 1230. The minimum Gasteiger partial charge on any atom is -1.00 e. The lowest BCUT2D eigenvalue weighted by Crippen LogP contribution is -3.00. The van der Waals surface area contributed by atoms with Gasteiger partial charge in [-0.25, -0.2) is 4.58 Å². The van der Waals surface area contributed by atoms with Gasteiger partial charge in [-0.3, -0.25) is 0 Å². The topological polar surface area (TPSA) is 21.5 Å². The molecular weight excluding hydrogens is 629 g/mol. The molecule has 42 heavy (non-hydrogen) atoms. The van der Waals surface area contributed by atoms with E-state index in [9.17, 15) is 0 Å². The Hall–Kier alpha value is -1.75. The molecule has 0 fully saturated rings. The van der Waals surface area contributed by atoms with Crippen LogP contribution in [0, 0.1) is 0 Å². The van der Waals surface area contributed by atoms with Crippen molar-refractivity contribution < 1.29 is 31.0 Å². The molecule has 6 heteroatoms. The number of hydrogen-bond acceptors (Lipinski definition) is 2. The molecule has 1 aliphatic heterocycles. The average molecular weight is 680 g/mol. The zero-order valence-corrected chi connectivity index (χ0v) is 29.4. The van der Waals surface area contributed by atoms with Gasteiger partial charge in [0.25, 0.3) is 0 Å². The fraction of sp³-hybridized carbons (Fsp3) is 0.528. The van der Waals surface area contributed by atoms with Gasteiger partial charge >= 0.3 is 0 Å². The van der Waals surface area contributed by atoms with Crippen molar-refractivity contribution in [1.29, 1.82) is 0 Å². The third-order valence-corrected chi connectivity index (χ3v) is 8.73. The van der Waals surface area contributed by atoms with Crippen LogP contribution in [0.3, 0.4) is 0 Å². The smallest absolute Gasteiger partial charge is 0.184 e. The SMILES string of the molecule is CCCCCCCCOc1c(OC)ccc2c1CC[N+](Cc1cccc(Cl)c1Cl)=C2CCC=C(C)CCC=C(C)C.[Br-]. The van der Waals surface area contributed by atoms with Gasteiger partial charge in [-0.1, -0.05) is 97.7 Å². The van der Waals surface area contributed by atoms with Crippen molar-refractivity contribution in [2.45, 2.75) is 105 Å². The minimum atomic E-state index is 0. The minimum absolute atomic E-state index is 0. The van der Waals surface area contributed by atoms with Crippen LogP contribution in [0.4, 0.5) is 0 Å². The first-order valence-electron chi connectivity index (χ1n) is 15.5. The Kier molecular flexibility index (Phi) is 16.9. The van der Waals surface area contributed by atoms with Gasteiger partial charge in [0.1, 0.15) is 6.54 Å². The van der Waals surface area contributed by atoms with E-state index in [0.29, 0.717) is 10.0 Å². The molecule has 0 bridgehead atoms. The molecule has 0 radical (unpaired) electrons. The number of unbranched alkanes of at least 4 members (excludes halogenated alkanes) is 5. The number of fused-ring (bicyclic) bond motifs is 1. The highest BCUT2D eigenvalue weighted by atomic mass is 79.9. The fourth-order valence-corrected chi connectivity index (χ4v) is 5.92. The number of nitrogens with zero attached hydrogens (tertiary/aromatic N) is 1. The second kappa shape index (κ2) is 19.5. The van der Waals surface area contributed by atoms with Gasteiger partial charge in [-0.2, -0.15) is 0 Å². The van der Waals surface area contributed by atoms with Gasteiger partial charge < -0.3 is 26.5 Å². The van der Waals surface area contributed by atoms with Crippen molar-refractivity contribution >= 4 is 28.9 Å². The Morgan fingerprint density at radius 2 is 1.71 bits per heavy atom. The zero-order valence-electron chi connectivity index (χ0n) is 26.3. The molecule has 3 nitrogen and oxygen atoms in total. The Morgan fingerprint density at radius 3 is 2.45 bits per heavy atom. The number of allylic oxidation sites excluding steroid dienone is 4. The summed E-state index contributed by atoms with van der Waals surface area (Å²) in [6.07, 6.45) is 17.2. The molecule has 3 rings (SSSR count). The molecule has 0 spiro atoms. The molecule has 0 atom stereocenters. The Morgan fingerprint density at radius 1 is 0.952 bits per heavy atom. The number of hydrogen-bond donors (Lipinski definition) is 0. The van der Waals surface area contributed by atoms with E-state index in [1.54, 1.807) is 7.11 Å². The van der Waals surface area contributed by atoms with E-state index in [-0.39, 0.29) is 17.0 Å². The summed E-state index contributed by atoms with van der Waals surface area (Å²) >= 11 is 13.0. The van der Waals surface area contributed by atoms with E-state index >= 15 is 0 Å². The number of halogens is 3. The van der Waals surface area contributed by atoms with Gasteiger partial charge in [-0.15, -0.1) is 0 Å². The molecule has 0 aromatic heterocycles. The first-order chi connectivity index (χ1) is 19.8. The van der Waals surface area contributed by atoms with E-state index in [2.05, 4.69) is 62.6 Å². The summed E-state index contributed by atoms with van der Waals surface area (Å²) in [6, 6.07) is 10.2. The van der Waals surface area contributed by atoms with Gasteiger partial charge in [-0.05, 0) is 64.7 Å². The average Bonchev–Trinajstić information content (AvgIpc) is 2.95. The van der Waals surface area contributed by atoms with Gasteiger partial charge in [0.15, 0.2) is 23.8 Å². The molecule has 1 aliphatic rings. The molecule has 0 amide bonds. The molecule has 0 saturated heterocycles. The number of ether oxygens (including phenoxy) is 2. The Labute approximate surface area is 275 Å². The van der Waals surface area contributed by atoms with Gasteiger partial charge in [0, 0.05) is 29.5 Å². The maximum absolute atomic E-state index is 6.63. The molecule has 1 heterocycles. The number of benzene rings is 2. The van der Waals surface area contributed by atoms with Crippen LogP contribution < -0.4 is 26.5 Å². The van der Waals surface area contributed by atoms with Crippen molar-refractivity contribution in [1.82, 2.24) is 0 Å². The van der Waals surface area contributed by atoms with Crippen LogP contribution in [0.25, 0.3) is 0 Å². The van der Waals surface area contributed by atoms with E-state index < -0.39 is 0 Å². The zero-order chi connectivity index (χ0) is 29.6. The lowest BCUT2D eigenvalue weighted by atomic mass is 9.92. The number of methoxy groups -OCH3 is 1. The summed E-state index contributed by atoms with van der Waals surface area (Å²) in [4.78, 5) is 0. The van der Waals surface area contributed by atoms with Crippen molar-refractivity contribution in [2.75, 3.05) is 20.3 Å². The largest absolute Gasteiger partial charge is 1.00 e. The normalized spacial score (nSPS) is 13.0. The highest BCUT2D eigenvalue weighted by molar-refractivity contribution is 6.42. The third kappa shape index (κ3) is 11.1. The van der Waals surface area contributed by atoms with Crippen LogP contribution in [0.5, 0.6) is 11.5 Å². The van der Waals surface area contributed by atoms with Gasteiger partial charge in [0.05, 0.1) is 23.8 Å². The summed E-state index contributed by atoms with van der Waals surface area (Å²) in [5.74, 6) is 1.75. The summed E-state index contributed by atoms with van der Waals surface area (Å²) in [5.41, 5.74) is 7.75. The predicted octanol–water partition coefficient (Wildman–Crippen LogP) is 7.78. The monoisotopic (exact) mass is 677 g/mol. The quantitative estimate of drug-likeness (QED) is 0.0969. The summed E-state index contributed by atoms with van der Waals surface area (Å²) < 4.78 is 14.7. The predicted molar refractivity (Wildman–Crippen MR) is 177 cm³/mol. The Balaban J connectivity index is 0.00000616.